The molecular weight excluding hydrogens is 398 g/mol. The van der Waals surface area contributed by atoms with Gasteiger partial charge in [-0.2, -0.15) is 0 Å². The molecular formula is C17H11BrF2N2OS. The minimum atomic E-state index is -0.725. The summed E-state index contributed by atoms with van der Waals surface area (Å²) >= 11 is 4.51. The number of thioether (sulfide) groups is 1. The molecule has 0 aliphatic heterocycles. The average Bonchev–Trinajstić information content (AvgIpc) is 3.04. The van der Waals surface area contributed by atoms with Crippen molar-refractivity contribution in [2.24, 2.45) is 0 Å². The number of rotatable bonds is 5. The molecule has 0 bridgehead atoms. The lowest BCUT2D eigenvalue weighted by molar-refractivity contribution is 0.101. The first kappa shape index (κ1) is 16.9. The van der Waals surface area contributed by atoms with Crippen molar-refractivity contribution in [1.82, 2.24) is 9.97 Å². The van der Waals surface area contributed by atoms with Crippen molar-refractivity contribution in [1.29, 1.82) is 0 Å². The van der Waals surface area contributed by atoms with E-state index >= 15 is 0 Å². The first-order valence-corrected chi connectivity index (χ1v) is 8.73. The molecule has 0 radical (unpaired) electrons. The fourth-order valence-electron chi connectivity index (χ4n) is 2.08. The highest BCUT2D eigenvalue weighted by atomic mass is 79.9. The maximum Gasteiger partial charge on any atom is 0.176 e. The van der Waals surface area contributed by atoms with E-state index in [1.807, 2.05) is 24.3 Å². The number of benzene rings is 2. The molecule has 3 rings (SSSR count). The fraction of sp³-hybridized carbons (Fsp3) is 0.0588. The van der Waals surface area contributed by atoms with Crippen LogP contribution in [-0.4, -0.2) is 21.5 Å². The minimum absolute atomic E-state index is 0.0341. The standard InChI is InChI=1S/C17H11BrF2N2OS/c18-11-3-1-10(2-4-11)15-8-21-17(22-15)24-9-16(23)13-7-12(19)5-6-14(13)20/h1-8H,9H2,(H,21,22). The number of nitrogens with one attached hydrogen (secondary N) is 1. The van der Waals surface area contributed by atoms with Crippen molar-refractivity contribution in [2.75, 3.05) is 5.75 Å². The summed E-state index contributed by atoms with van der Waals surface area (Å²) in [5.41, 5.74) is 1.52. The van der Waals surface area contributed by atoms with Gasteiger partial charge in [0, 0.05) is 4.47 Å². The Balaban J connectivity index is 1.68. The zero-order valence-corrected chi connectivity index (χ0v) is 14.6. The van der Waals surface area contributed by atoms with Crippen LogP contribution < -0.4 is 0 Å². The Morgan fingerprint density at radius 1 is 1.17 bits per heavy atom. The largest absolute Gasteiger partial charge is 0.333 e. The van der Waals surface area contributed by atoms with Crippen molar-refractivity contribution in [3.63, 3.8) is 0 Å². The van der Waals surface area contributed by atoms with Crippen LogP contribution in [0.3, 0.4) is 0 Å². The molecule has 24 heavy (non-hydrogen) atoms. The summed E-state index contributed by atoms with van der Waals surface area (Å²) in [7, 11) is 0. The third-order valence-electron chi connectivity index (χ3n) is 3.28. The third kappa shape index (κ3) is 3.91. The Kier molecular flexibility index (Phi) is 5.11. The monoisotopic (exact) mass is 408 g/mol. The summed E-state index contributed by atoms with van der Waals surface area (Å²) in [4.78, 5) is 19.3. The highest BCUT2D eigenvalue weighted by Gasteiger charge is 2.14. The molecule has 0 spiro atoms. The summed E-state index contributed by atoms with van der Waals surface area (Å²) < 4.78 is 27.7. The quantitative estimate of drug-likeness (QED) is 0.472. The Labute approximate surface area is 149 Å². The SMILES string of the molecule is O=C(CSc1ncc(-c2ccc(Br)cc2)[nH]1)c1cc(F)ccc1F. The van der Waals surface area contributed by atoms with Crippen LogP contribution in [0.1, 0.15) is 10.4 Å². The van der Waals surface area contributed by atoms with Gasteiger partial charge in [0.05, 0.1) is 23.2 Å². The van der Waals surface area contributed by atoms with Gasteiger partial charge in [-0.05, 0) is 35.9 Å². The Morgan fingerprint density at radius 3 is 2.67 bits per heavy atom. The summed E-state index contributed by atoms with van der Waals surface area (Å²) in [5, 5.41) is 0.540. The molecule has 2 aromatic carbocycles. The van der Waals surface area contributed by atoms with E-state index in [1.165, 1.54) is 0 Å². The second-order valence-electron chi connectivity index (χ2n) is 4.94. The number of carbonyl (C=O) groups excluding carboxylic acids is 1. The van der Waals surface area contributed by atoms with Gasteiger partial charge >= 0.3 is 0 Å². The van der Waals surface area contributed by atoms with Crippen molar-refractivity contribution in [2.45, 2.75) is 5.16 Å². The number of aromatic amines is 1. The normalized spacial score (nSPS) is 10.8. The summed E-state index contributed by atoms with van der Waals surface area (Å²) in [5.74, 6) is -1.89. The van der Waals surface area contributed by atoms with Gasteiger partial charge < -0.3 is 4.98 Å². The predicted octanol–water partition coefficient (Wildman–Crippen LogP) is 5.09. The summed E-state index contributed by atoms with van der Waals surface area (Å²) in [6.07, 6.45) is 1.67. The molecule has 0 aliphatic carbocycles. The number of halogens is 3. The Bertz CT molecular complexity index is 881. The number of nitrogens with zero attached hydrogens (tertiary/aromatic N) is 1. The van der Waals surface area contributed by atoms with Gasteiger partial charge in [0.1, 0.15) is 11.6 Å². The van der Waals surface area contributed by atoms with Crippen molar-refractivity contribution >= 4 is 33.5 Å². The number of hydrogen-bond donors (Lipinski definition) is 1. The molecule has 0 saturated carbocycles. The second kappa shape index (κ2) is 7.27. The smallest absolute Gasteiger partial charge is 0.176 e. The summed E-state index contributed by atoms with van der Waals surface area (Å²) in [6, 6.07) is 10.5. The maximum absolute atomic E-state index is 13.6. The van der Waals surface area contributed by atoms with Crippen LogP contribution in [0.2, 0.25) is 0 Å². The van der Waals surface area contributed by atoms with Crippen LogP contribution in [0.4, 0.5) is 8.78 Å². The van der Waals surface area contributed by atoms with Crippen LogP contribution >= 0.6 is 27.7 Å². The third-order valence-corrected chi connectivity index (χ3v) is 4.69. The molecule has 1 aromatic heterocycles. The highest BCUT2D eigenvalue weighted by Crippen LogP contribution is 2.24. The number of imidazole rings is 1. The van der Waals surface area contributed by atoms with Crippen molar-refractivity contribution in [3.05, 3.63) is 70.3 Å². The zero-order valence-electron chi connectivity index (χ0n) is 12.2. The molecule has 122 valence electrons. The highest BCUT2D eigenvalue weighted by molar-refractivity contribution is 9.10. The Morgan fingerprint density at radius 2 is 1.92 bits per heavy atom. The topological polar surface area (TPSA) is 45.8 Å². The average molecular weight is 409 g/mol. The minimum Gasteiger partial charge on any atom is -0.333 e. The first-order valence-electron chi connectivity index (χ1n) is 6.95. The van der Waals surface area contributed by atoms with E-state index in [2.05, 4.69) is 25.9 Å². The Hall–Kier alpha value is -1.99. The molecule has 3 nitrogen and oxygen atoms in total. The lowest BCUT2D eigenvalue weighted by Gasteiger charge is -2.02. The van der Waals surface area contributed by atoms with Gasteiger partial charge in [-0.3, -0.25) is 4.79 Å². The lowest BCUT2D eigenvalue weighted by atomic mass is 10.1. The molecule has 0 saturated heterocycles. The molecule has 0 atom stereocenters. The van der Waals surface area contributed by atoms with Gasteiger partial charge in [-0.25, -0.2) is 13.8 Å². The van der Waals surface area contributed by atoms with Gasteiger partial charge in [-0.1, -0.05) is 39.8 Å². The molecule has 1 heterocycles. The maximum atomic E-state index is 13.6. The first-order chi connectivity index (χ1) is 11.5. The lowest BCUT2D eigenvalue weighted by Crippen LogP contribution is -2.06. The molecule has 0 aliphatic rings. The van der Waals surface area contributed by atoms with E-state index in [4.69, 9.17) is 0 Å². The van der Waals surface area contributed by atoms with Crippen LogP contribution in [-0.2, 0) is 0 Å². The molecule has 0 unspecified atom stereocenters. The molecule has 7 heteroatoms. The van der Waals surface area contributed by atoms with Gasteiger partial charge in [0.15, 0.2) is 10.9 Å². The van der Waals surface area contributed by atoms with Gasteiger partial charge in [-0.15, -0.1) is 0 Å². The van der Waals surface area contributed by atoms with E-state index in [0.717, 1.165) is 45.7 Å². The molecule has 3 aromatic rings. The van der Waals surface area contributed by atoms with E-state index in [9.17, 15) is 13.6 Å². The van der Waals surface area contributed by atoms with Crippen LogP contribution in [0, 0.1) is 11.6 Å². The zero-order chi connectivity index (χ0) is 17.1. The predicted molar refractivity (Wildman–Crippen MR) is 93.1 cm³/mol. The number of H-pyrrole nitrogens is 1. The van der Waals surface area contributed by atoms with E-state index in [1.54, 1.807) is 6.20 Å². The van der Waals surface area contributed by atoms with Crippen LogP contribution in [0.25, 0.3) is 11.3 Å². The number of aromatic nitrogens is 2. The summed E-state index contributed by atoms with van der Waals surface area (Å²) in [6.45, 7) is 0. The molecule has 0 fully saturated rings. The van der Waals surface area contributed by atoms with Crippen molar-refractivity contribution in [3.8, 4) is 11.3 Å². The second-order valence-corrected chi connectivity index (χ2v) is 6.82. The molecule has 0 amide bonds. The van der Waals surface area contributed by atoms with Gasteiger partial charge in [0.2, 0.25) is 0 Å². The number of carbonyl (C=O) groups is 1. The number of hydrogen-bond acceptors (Lipinski definition) is 3. The number of Topliss-reactive ketones (excluding diaryl/α,β-unsaturated/α-hetero) is 1. The van der Waals surface area contributed by atoms with Crippen LogP contribution in [0.5, 0.6) is 0 Å². The molecule has 1 N–H and O–H groups in total. The number of ketones is 1. The van der Waals surface area contributed by atoms with Crippen LogP contribution in [0.15, 0.2) is 58.3 Å². The van der Waals surface area contributed by atoms with E-state index < -0.39 is 17.4 Å². The fourth-order valence-corrected chi connectivity index (χ4v) is 3.07. The van der Waals surface area contributed by atoms with E-state index in [0.29, 0.717) is 5.16 Å². The van der Waals surface area contributed by atoms with Gasteiger partial charge in [0.25, 0.3) is 0 Å². The van der Waals surface area contributed by atoms with E-state index in [-0.39, 0.29) is 11.3 Å². The van der Waals surface area contributed by atoms with Crippen molar-refractivity contribution < 1.29 is 13.6 Å².